The summed E-state index contributed by atoms with van der Waals surface area (Å²) >= 11 is 0. The number of nitrogen functional groups attached to an aromatic ring is 1. The molecular formula is C14H14F2N2O3. The maximum Gasteiger partial charge on any atom is 0.185 e. The maximum atomic E-state index is 13.6. The van der Waals surface area contributed by atoms with Crippen molar-refractivity contribution in [2.24, 2.45) is 0 Å². The van der Waals surface area contributed by atoms with E-state index in [-0.39, 0.29) is 18.0 Å². The molecule has 1 aromatic heterocycles. The minimum atomic E-state index is -0.754. The highest BCUT2D eigenvalue weighted by Crippen LogP contribution is 2.30. The zero-order chi connectivity index (χ0) is 15.4. The molecule has 0 unspecified atom stereocenters. The third-order valence-electron chi connectivity index (χ3n) is 2.78. The number of halogens is 2. The molecule has 0 amide bonds. The summed E-state index contributed by atoms with van der Waals surface area (Å²) < 4.78 is 42.5. The van der Waals surface area contributed by atoms with Crippen LogP contribution in [0.1, 0.15) is 5.69 Å². The average Bonchev–Trinajstić information content (AvgIpc) is 2.49. The minimum Gasteiger partial charge on any atom is -0.493 e. The number of nitrogens with zero attached hydrogens (tertiary/aromatic N) is 1. The summed E-state index contributed by atoms with van der Waals surface area (Å²) in [6.07, 6.45) is 1.50. The Morgan fingerprint density at radius 2 is 1.86 bits per heavy atom. The lowest BCUT2D eigenvalue weighted by atomic mass is 10.2. The second kappa shape index (κ2) is 6.25. The molecule has 2 N–H and O–H groups in total. The maximum absolute atomic E-state index is 13.6. The van der Waals surface area contributed by atoms with E-state index in [0.29, 0.717) is 17.2 Å². The Labute approximate surface area is 120 Å². The van der Waals surface area contributed by atoms with Gasteiger partial charge in [-0.2, -0.15) is 0 Å². The van der Waals surface area contributed by atoms with Crippen molar-refractivity contribution < 1.29 is 23.0 Å². The van der Waals surface area contributed by atoms with Gasteiger partial charge in [-0.15, -0.1) is 0 Å². The topological polar surface area (TPSA) is 66.6 Å². The van der Waals surface area contributed by atoms with Gasteiger partial charge in [-0.3, -0.25) is 4.98 Å². The smallest absolute Gasteiger partial charge is 0.185 e. The molecule has 0 fully saturated rings. The van der Waals surface area contributed by atoms with Crippen LogP contribution in [-0.2, 0) is 6.61 Å². The van der Waals surface area contributed by atoms with Gasteiger partial charge in [-0.25, -0.2) is 8.78 Å². The van der Waals surface area contributed by atoms with E-state index in [1.54, 1.807) is 6.07 Å². The molecule has 0 radical (unpaired) electrons. The molecule has 5 nitrogen and oxygen atoms in total. The predicted octanol–water partition coefficient (Wildman–Crippen LogP) is 2.54. The Hall–Kier alpha value is -2.57. The Morgan fingerprint density at radius 1 is 1.10 bits per heavy atom. The summed E-state index contributed by atoms with van der Waals surface area (Å²) in [5.74, 6) is -0.924. The highest BCUT2D eigenvalue weighted by atomic mass is 19.1. The van der Waals surface area contributed by atoms with Crippen LogP contribution in [0.25, 0.3) is 0 Å². The summed E-state index contributed by atoms with van der Waals surface area (Å²) in [6.45, 7) is -0.110. The first-order chi connectivity index (χ1) is 10.1. The van der Waals surface area contributed by atoms with E-state index in [1.165, 1.54) is 20.4 Å². The number of anilines is 1. The van der Waals surface area contributed by atoms with Gasteiger partial charge in [0.2, 0.25) is 0 Å². The number of ether oxygens (including phenoxy) is 3. The molecule has 0 aliphatic carbocycles. The molecule has 0 saturated carbocycles. The van der Waals surface area contributed by atoms with Crippen molar-refractivity contribution in [2.45, 2.75) is 6.61 Å². The quantitative estimate of drug-likeness (QED) is 0.859. The van der Waals surface area contributed by atoms with Crippen molar-refractivity contribution in [3.05, 3.63) is 41.7 Å². The zero-order valence-corrected chi connectivity index (χ0v) is 11.5. The van der Waals surface area contributed by atoms with Crippen molar-refractivity contribution >= 4 is 5.69 Å². The molecular weight excluding hydrogens is 282 g/mol. The number of hydrogen-bond donors (Lipinski definition) is 1. The molecule has 112 valence electrons. The van der Waals surface area contributed by atoms with Crippen LogP contribution in [0.2, 0.25) is 0 Å². The van der Waals surface area contributed by atoms with E-state index in [4.69, 9.17) is 19.9 Å². The van der Waals surface area contributed by atoms with Crippen molar-refractivity contribution in [1.29, 1.82) is 0 Å². The first kappa shape index (κ1) is 14.8. The zero-order valence-electron chi connectivity index (χ0n) is 11.5. The summed E-state index contributed by atoms with van der Waals surface area (Å²) in [4.78, 5) is 4.07. The number of benzene rings is 1. The second-order valence-corrected chi connectivity index (χ2v) is 4.09. The van der Waals surface area contributed by atoms with Gasteiger partial charge in [0.1, 0.15) is 18.1 Å². The molecule has 1 heterocycles. The number of nitrogens with two attached hydrogens (primary N) is 1. The Kier molecular flexibility index (Phi) is 4.42. The minimum absolute atomic E-state index is 0.110. The molecule has 1 aromatic carbocycles. The first-order valence-electron chi connectivity index (χ1n) is 6.00. The first-order valence-corrected chi connectivity index (χ1v) is 6.00. The molecule has 2 aromatic rings. The van der Waals surface area contributed by atoms with Gasteiger partial charge in [-0.1, -0.05) is 0 Å². The van der Waals surface area contributed by atoms with Crippen LogP contribution >= 0.6 is 0 Å². The SMILES string of the molecule is COc1ccnc(COc2cc(F)c(N)cc2F)c1OC. The van der Waals surface area contributed by atoms with Gasteiger partial charge in [0.15, 0.2) is 23.1 Å². The number of hydrogen-bond acceptors (Lipinski definition) is 5. The van der Waals surface area contributed by atoms with E-state index < -0.39 is 11.6 Å². The van der Waals surface area contributed by atoms with Crippen LogP contribution in [0.5, 0.6) is 17.2 Å². The van der Waals surface area contributed by atoms with Crippen LogP contribution in [0, 0.1) is 11.6 Å². The summed E-state index contributed by atoms with van der Waals surface area (Å²) in [7, 11) is 2.93. The highest BCUT2D eigenvalue weighted by Gasteiger charge is 2.14. The Morgan fingerprint density at radius 3 is 2.52 bits per heavy atom. The van der Waals surface area contributed by atoms with Gasteiger partial charge in [0.25, 0.3) is 0 Å². The Balaban J connectivity index is 2.22. The number of rotatable bonds is 5. The lowest BCUT2D eigenvalue weighted by molar-refractivity contribution is 0.272. The molecule has 0 aliphatic rings. The fraction of sp³-hybridized carbons (Fsp3) is 0.214. The third-order valence-corrected chi connectivity index (χ3v) is 2.78. The molecule has 0 aliphatic heterocycles. The van der Waals surface area contributed by atoms with Crippen LogP contribution in [0.3, 0.4) is 0 Å². The highest BCUT2D eigenvalue weighted by molar-refractivity contribution is 5.45. The van der Waals surface area contributed by atoms with E-state index in [2.05, 4.69) is 4.98 Å². The molecule has 0 saturated heterocycles. The van der Waals surface area contributed by atoms with Gasteiger partial charge in [0, 0.05) is 24.4 Å². The average molecular weight is 296 g/mol. The number of methoxy groups -OCH3 is 2. The van der Waals surface area contributed by atoms with Gasteiger partial charge in [-0.05, 0) is 0 Å². The van der Waals surface area contributed by atoms with Crippen molar-refractivity contribution in [3.63, 3.8) is 0 Å². The third kappa shape index (κ3) is 3.13. The summed E-state index contributed by atoms with van der Waals surface area (Å²) in [5, 5.41) is 0. The second-order valence-electron chi connectivity index (χ2n) is 4.09. The van der Waals surface area contributed by atoms with Crippen molar-refractivity contribution in [2.75, 3.05) is 20.0 Å². The van der Waals surface area contributed by atoms with Crippen LogP contribution < -0.4 is 19.9 Å². The lowest BCUT2D eigenvalue weighted by Crippen LogP contribution is -2.04. The van der Waals surface area contributed by atoms with Crippen molar-refractivity contribution in [1.82, 2.24) is 4.98 Å². The molecule has 21 heavy (non-hydrogen) atoms. The Bertz CT molecular complexity index is 650. The largest absolute Gasteiger partial charge is 0.493 e. The molecule has 0 spiro atoms. The predicted molar refractivity (Wildman–Crippen MR) is 72.4 cm³/mol. The van der Waals surface area contributed by atoms with Gasteiger partial charge < -0.3 is 19.9 Å². The van der Waals surface area contributed by atoms with E-state index in [1.807, 2.05) is 0 Å². The molecule has 0 atom stereocenters. The standard InChI is InChI=1S/C14H14F2N2O3/c1-19-12-3-4-18-11(14(12)20-2)7-21-13-6-8(15)10(17)5-9(13)16/h3-6H,7,17H2,1-2H3. The van der Waals surface area contributed by atoms with E-state index in [9.17, 15) is 8.78 Å². The van der Waals surface area contributed by atoms with Crippen LogP contribution in [-0.4, -0.2) is 19.2 Å². The number of aromatic nitrogens is 1. The van der Waals surface area contributed by atoms with Crippen LogP contribution in [0.4, 0.5) is 14.5 Å². The molecule has 2 rings (SSSR count). The lowest BCUT2D eigenvalue weighted by Gasteiger charge is -2.13. The molecule has 7 heteroatoms. The summed E-state index contributed by atoms with van der Waals surface area (Å²) in [5.41, 5.74) is 5.38. The summed E-state index contributed by atoms with van der Waals surface area (Å²) in [6, 6.07) is 3.37. The fourth-order valence-corrected chi connectivity index (χ4v) is 1.75. The van der Waals surface area contributed by atoms with E-state index >= 15 is 0 Å². The normalized spacial score (nSPS) is 10.3. The van der Waals surface area contributed by atoms with Crippen molar-refractivity contribution in [3.8, 4) is 17.2 Å². The van der Waals surface area contributed by atoms with Gasteiger partial charge in [0.05, 0.1) is 19.9 Å². The molecule has 0 bridgehead atoms. The van der Waals surface area contributed by atoms with E-state index in [0.717, 1.165) is 12.1 Å². The number of pyridine rings is 1. The fourth-order valence-electron chi connectivity index (χ4n) is 1.75. The van der Waals surface area contributed by atoms with Crippen LogP contribution in [0.15, 0.2) is 24.4 Å². The monoisotopic (exact) mass is 296 g/mol. The van der Waals surface area contributed by atoms with Gasteiger partial charge >= 0.3 is 0 Å².